The Morgan fingerprint density at radius 2 is 2.10 bits per heavy atom. The molecule has 2 N–H and O–H groups in total. The highest BCUT2D eigenvalue weighted by atomic mass is 35.5. The summed E-state index contributed by atoms with van der Waals surface area (Å²) in [7, 11) is 0. The number of rotatable bonds is 4. The summed E-state index contributed by atoms with van der Waals surface area (Å²) in [5, 5.41) is 3.12. The van der Waals surface area contributed by atoms with E-state index in [0.29, 0.717) is 16.4 Å². The van der Waals surface area contributed by atoms with E-state index in [4.69, 9.17) is 11.6 Å². The molecule has 1 aromatic heterocycles. The van der Waals surface area contributed by atoms with Crippen LogP contribution in [0, 0.1) is 0 Å². The Bertz CT molecular complexity index is 692. The van der Waals surface area contributed by atoms with Crippen molar-refractivity contribution in [3.63, 3.8) is 0 Å². The monoisotopic (exact) mass is 289 g/mol. The van der Waals surface area contributed by atoms with Crippen LogP contribution in [0.25, 0.3) is 11.4 Å². The average molecular weight is 290 g/mol. The molecule has 2 aromatic rings. The summed E-state index contributed by atoms with van der Waals surface area (Å²) in [6.07, 6.45) is 2.78. The first-order valence-electron chi connectivity index (χ1n) is 5.86. The van der Waals surface area contributed by atoms with Gasteiger partial charge in [0, 0.05) is 23.3 Å². The van der Waals surface area contributed by atoms with Crippen LogP contribution in [0.1, 0.15) is 10.4 Å². The standard InChI is InChI=1S/C14H12ClN3O2/c1-2-7-16-13(19)11-8-17-12(18-14(11)20)9-3-5-10(15)6-4-9/h2-6,8H,1,7H2,(H,16,19)(H,17,18,20). The van der Waals surface area contributed by atoms with Gasteiger partial charge in [0.15, 0.2) is 0 Å². The highest BCUT2D eigenvalue weighted by Gasteiger charge is 2.11. The van der Waals surface area contributed by atoms with E-state index in [2.05, 4.69) is 21.9 Å². The van der Waals surface area contributed by atoms with E-state index in [1.54, 1.807) is 24.3 Å². The second-order valence-corrected chi connectivity index (χ2v) is 4.42. The molecule has 6 heteroatoms. The number of H-pyrrole nitrogens is 1. The summed E-state index contributed by atoms with van der Waals surface area (Å²) < 4.78 is 0. The summed E-state index contributed by atoms with van der Waals surface area (Å²) in [4.78, 5) is 30.2. The van der Waals surface area contributed by atoms with Crippen molar-refractivity contribution in [2.24, 2.45) is 0 Å². The van der Waals surface area contributed by atoms with Crippen molar-refractivity contribution in [1.82, 2.24) is 15.3 Å². The Kier molecular flexibility index (Phi) is 4.32. The molecule has 0 aliphatic carbocycles. The van der Waals surface area contributed by atoms with Gasteiger partial charge in [0.05, 0.1) is 0 Å². The predicted molar refractivity (Wildman–Crippen MR) is 77.8 cm³/mol. The van der Waals surface area contributed by atoms with Crippen LogP contribution in [-0.4, -0.2) is 22.4 Å². The van der Waals surface area contributed by atoms with Gasteiger partial charge >= 0.3 is 0 Å². The molecule has 0 aliphatic heterocycles. The summed E-state index contributed by atoms with van der Waals surface area (Å²) in [5.41, 5.74) is 0.181. The van der Waals surface area contributed by atoms with Gasteiger partial charge in [-0.2, -0.15) is 0 Å². The molecule has 5 nitrogen and oxygen atoms in total. The number of halogens is 1. The number of aromatic amines is 1. The molecule has 0 bridgehead atoms. The third kappa shape index (κ3) is 3.13. The van der Waals surface area contributed by atoms with Gasteiger partial charge in [-0.1, -0.05) is 17.7 Å². The van der Waals surface area contributed by atoms with Crippen LogP contribution in [0.2, 0.25) is 5.02 Å². The number of carbonyl (C=O) groups excluding carboxylic acids is 1. The molecular formula is C14H12ClN3O2. The molecule has 1 aromatic carbocycles. The predicted octanol–water partition coefficient (Wildman–Crippen LogP) is 2.01. The zero-order valence-electron chi connectivity index (χ0n) is 10.5. The number of aromatic nitrogens is 2. The molecular weight excluding hydrogens is 278 g/mol. The third-order valence-corrected chi connectivity index (χ3v) is 2.82. The lowest BCUT2D eigenvalue weighted by Crippen LogP contribution is -2.30. The Hall–Kier alpha value is -2.40. The fourth-order valence-electron chi connectivity index (χ4n) is 1.57. The molecule has 102 valence electrons. The first kappa shape index (κ1) is 14.0. The first-order chi connectivity index (χ1) is 9.61. The molecule has 20 heavy (non-hydrogen) atoms. The Morgan fingerprint density at radius 1 is 1.40 bits per heavy atom. The highest BCUT2D eigenvalue weighted by molar-refractivity contribution is 6.30. The van der Waals surface area contributed by atoms with Gasteiger partial charge in [-0.3, -0.25) is 9.59 Å². The molecule has 1 heterocycles. The van der Waals surface area contributed by atoms with E-state index >= 15 is 0 Å². The minimum Gasteiger partial charge on any atom is -0.348 e. The van der Waals surface area contributed by atoms with Crippen molar-refractivity contribution < 1.29 is 4.79 Å². The van der Waals surface area contributed by atoms with Crippen molar-refractivity contribution in [2.45, 2.75) is 0 Å². The molecule has 0 radical (unpaired) electrons. The van der Waals surface area contributed by atoms with E-state index in [0.717, 1.165) is 0 Å². The molecule has 0 unspecified atom stereocenters. The topological polar surface area (TPSA) is 74.8 Å². The van der Waals surface area contributed by atoms with Crippen LogP contribution in [0.15, 0.2) is 47.9 Å². The van der Waals surface area contributed by atoms with Gasteiger partial charge in [0.2, 0.25) is 0 Å². The molecule has 0 saturated heterocycles. The van der Waals surface area contributed by atoms with Crippen LogP contribution in [0.4, 0.5) is 0 Å². The van der Waals surface area contributed by atoms with Crippen LogP contribution in [0.3, 0.4) is 0 Å². The van der Waals surface area contributed by atoms with Gasteiger partial charge in [-0.25, -0.2) is 4.98 Å². The highest BCUT2D eigenvalue weighted by Crippen LogP contribution is 2.16. The van der Waals surface area contributed by atoms with Crippen LogP contribution in [0.5, 0.6) is 0 Å². The zero-order valence-corrected chi connectivity index (χ0v) is 11.3. The molecule has 0 fully saturated rings. The molecule has 0 atom stereocenters. The molecule has 0 aliphatic rings. The van der Waals surface area contributed by atoms with E-state index < -0.39 is 11.5 Å². The van der Waals surface area contributed by atoms with E-state index in [1.165, 1.54) is 12.3 Å². The Morgan fingerprint density at radius 3 is 2.70 bits per heavy atom. The zero-order chi connectivity index (χ0) is 14.5. The van der Waals surface area contributed by atoms with Crippen molar-refractivity contribution in [2.75, 3.05) is 6.54 Å². The van der Waals surface area contributed by atoms with E-state index in [9.17, 15) is 9.59 Å². The van der Waals surface area contributed by atoms with Crippen molar-refractivity contribution in [3.8, 4) is 11.4 Å². The summed E-state index contributed by atoms with van der Waals surface area (Å²) in [6, 6.07) is 6.86. The lowest BCUT2D eigenvalue weighted by atomic mass is 10.2. The Balaban J connectivity index is 2.30. The maximum atomic E-state index is 11.9. The summed E-state index contributed by atoms with van der Waals surface area (Å²) >= 11 is 5.79. The fraction of sp³-hybridized carbons (Fsp3) is 0.0714. The first-order valence-corrected chi connectivity index (χ1v) is 6.24. The van der Waals surface area contributed by atoms with Gasteiger partial charge in [0.25, 0.3) is 11.5 Å². The van der Waals surface area contributed by atoms with Crippen molar-refractivity contribution in [1.29, 1.82) is 0 Å². The number of hydrogen-bond donors (Lipinski definition) is 2. The van der Waals surface area contributed by atoms with Gasteiger partial charge in [-0.15, -0.1) is 6.58 Å². The number of carbonyl (C=O) groups is 1. The second-order valence-electron chi connectivity index (χ2n) is 3.98. The number of benzene rings is 1. The SMILES string of the molecule is C=CCNC(=O)c1cnc(-c2ccc(Cl)cc2)[nH]c1=O. The summed E-state index contributed by atoms with van der Waals surface area (Å²) in [6.45, 7) is 3.77. The minimum absolute atomic E-state index is 0.0374. The van der Waals surface area contributed by atoms with Crippen molar-refractivity contribution >= 4 is 17.5 Å². The lowest BCUT2D eigenvalue weighted by molar-refractivity contribution is 0.0956. The maximum absolute atomic E-state index is 11.9. The third-order valence-electron chi connectivity index (χ3n) is 2.57. The largest absolute Gasteiger partial charge is 0.348 e. The van der Waals surface area contributed by atoms with E-state index in [-0.39, 0.29) is 12.1 Å². The number of hydrogen-bond acceptors (Lipinski definition) is 3. The molecule has 2 rings (SSSR count). The smallest absolute Gasteiger partial charge is 0.264 e. The van der Waals surface area contributed by atoms with E-state index in [1.807, 2.05) is 0 Å². The minimum atomic E-state index is -0.494. The maximum Gasteiger partial charge on any atom is 0.264 e. The normalized spacial score (nSPS) is 10.1. The van der Waals surface area contributed by atoms with Crippen LogP contribution < -0.4 is 10.9 Å². The van der Waals surface area contributed by atoms with Gasteiger partial charge in [0.1, 0.15) is 11.4 Å². The molecule has 1 amide bonds. The van der Waals surface area contributed by atoms with Gasteiger partial charge in [-0.05, 0) is 24.3 Å². The van der Waals surface area contributed by atoms with Crippen LogP contribution >= 0.6 is 11.6 Å². The lowest BCUT2D eigenvalue weighted by Gasteiger charge is -2.04. The number of nitrogens with zero attached hydrogens (tertiary/aromatic N) is 1. The molecule has 0 saturated carbocycles. The van der Waals surface area contributed by atoms with Gasteiger partial charge < -0.3 is 10.3 Å². The molecule has 0 spiro atoms. The average Bonchev–Trinajstić information content (AvgIpc) is 2.45. The number of nitrogens with one attached hydrogen (secondary N) is 2. The number of amides is 1. The quantitative estimate of drug-likeness (QED) is 0.846. The van der Waals surface area contributed by atoms with Crippen LogP contribution in [-0.2, 0) is 0 Å². The van der Waals surface area contributed by atoms with Crippen molar-refractivity contribution in [3.05, 3.63) is 64.1 Å². The Labute approximate surface area is 120 Å². The summed E-state index contributed by atoms with van der Waals surface area (Å²) in [5.74, 6) is -0.103. The second kappa shape index (κ2) is 6.16. The fourth-order valence-corrected chi connectivity index (χ4v) is 1.70.